The van der Waals surface area contributed by atoms with Gasteiger partial charge in [0.15, 0.2) is 0 Å². The van der Waals surface area contributed by atoms with E-state index in [2.05, 4.69) is 29.7 Å². The Balaban J connectivity index is 0.000000318. The van der Waals surface area contributed by atoms with E-state index >= 15 is 0 Å². The van der Waals surface area contributed by atoms with Gasteiger partial charge in [-0.05, 0) is 13.8 Å². The summed E-state index contributed by atoms with van der Waals surface area (Å²) in [7, 11) is 0. The third-order valence-electron chi connectivity index (χ3n) is 4.62. The van der Waals surface area contributed by atoms with Crippen molar-refractivity contribution in [2.24, 2.45) is 0 Å². The molecule has 0 amide bonds. The van der Waals surface area contributed by atoms with Gasteiger partial charge in [-0.3, -0.25) is 4.90 Å². The number of aryl methyl sites for hydroxylation is 2. The van der Waals surface area contributed by atoms with Gasteiger partial charge in [0.2, 0.25) is 0 Å². The van der Waals surface area contributed by atoms with Gasteiger partial charge >= 0.3 is 12.1 Å². The SMILES string of the molecule is Cc1noc(C)c1CN1CCn2c(Cn3cncn3)cnc2C1.O=C(O)C(F)(F)F. The second-order valence-electron chi connectivity index (χ2n) is 6.73. The Morgan fingerprint density at radius 3 is 2.57 bits per heavy atom. The fraction of sp³-hybridized carbons (Fsp3) is 0.471. The Labute approximate surface area is 168 Å². The first-order valence-electron chi connectivity index (χ1n) is 8.95. The van der Waals surface area contributed by atoms with Crippen LogP contribution >= 0.6 is 0 Å². The molecule has 30 heavy (non-hydrogen) atoms. The van der Waals surface area contributed by atoms with E-state index < -0.39 is 12.1 Å². The molecule has 0 bridgehead atoms. The van der Waals surface area contributed by atoms with Crippen LogP contribution in [-0.2, 0) is 31.0 Å². The lowest BCUT2D eigenvalue weighted by molar-refractivity contribution is -0.192. The maximum absolute atomic E-state index is 10.6. The highest BCUT2D eigenvalue weighted by atomic mass is 19.4. The molecule has 3 aromatic rings. The van der Waals surface area contributed by atoms with Gasteiger partial charge in [-0.1, -0.05) is 5.16 Å². The molecule has 0 unspecified atom stereocenters. The molecule has 1 N–H and O–H groups in total. The fourth-order valence-corrected chi connectivity index (χ4v) is 3.07. The Morgan fingerprint density at radius 2 is 2.00 bits per heavy atom. The van der Waals surface area contributed by atoms with Crippen molar-refractivity contribution in [1.82, 2.24) is 34.4 Å². The smallest absolute Gasteiger partial charge is 0.475 e. The zero-order valence-electron chi connectivity index (χ0n) is 16.3. The molecule has 0 radical (unpaired) electrons. The maximum Gasteiger partial charge on any atom is 0.490 e. The molecule has 0 fully saturated rings. The summed E-state index contributed by atoms with van der Waals surface area (Å²) in [5.74, 6) is -0.756. The van der Waals surface area contributed by atoms with Crippen LogP contribution < -0.4 is 0 Å². The molecule has 0 aliphatic carbocycles. The molecule has 0 spiro atoms. The quantitative estimate of drug-likeness (QED) is 0.670. The van der Waals surface area contributed by atoms with Crippen molar-refractivity contribution in [2.75, 3.05) is 6.54 Å². The van der Waals surface area contributed by atoms with Crippen molar-refractivity contribution in [3.63, 3.8) is 0 Å². The van der Waals surface area contributed by atoms with Gasteiger partial charge in [0, 0.05) is 25.2 Å². The first-order valence-corrected chi connectivity index (χ1v) is 8.95. The Bertz CT molecular complexity index is 976. The number of fused-ring (bicyclic) bond motifs is 1. The van der Waals surface area contributed by atoms with Crippen molar-refractivity contribution >= 4 is 5.97 Å². The Morgan fingerprint density at radius 1 is 1.27 bits per heavy atom. The van der Waals surface area contributed by atoms with E-state index in [4.69, 9.17) is 14.4 Å². The number of imidazole rings is 1. The predicted molar refractivity (Wildman–Crippen MR) is 95.1 cm³/mol. The van der Waals surface area contributed by atoms with Crippen molar-refractivity contribution in [3.8, 4) is 0 Å². The number of hydrogen-bond donors (Lipinski definition) is 1. The summed E-state index contributed by atoms with van der Waals surface area (Å²) in [4.78, 5) is 19.8. The largest absolute Gasteiger partial charge is 0.490 e. The number of carboxylic acids is 1. The van der Waals surface area contributed by atoms with E-state index in [1.165, 1.54) is 11.3 Å². The number of hydrogen-bond acceptors (Lipinski definition) is 7. The molecule has 0 saturated heterocycles. The van der Waals surface area contributed by atoms with Crippen molar-refractivity contribution in [1.29, 1.82) is 0 Å². The van der Waals surface area contributed by atoms with Gasteiger partial charge < -0.3 is 14.2 Å². The number of aromatic nitrogens is 6. The molecule has 4 rings (SSSR count). The van der Waals surface area contributed by atoms with Crippen LogP contribution in [0.4, 0.5) is 13.2 Å². The van der Waals surface area contributed by atoms with Crippen LogP contribution in [0.15, 0.2) is 23.4 Å². The van der Waals surface area contributed by atoms with E-state index in [1.54, 1.807) is 12.7 Å². The summed E-state index contributed by atoms with van der Waals surface area (Å²) in [6.45, 7) is 8.27. The third kappa shape index (κ3) is 5.03. The number of carbonyl (C=O) groups is 1. The van der Waals surface area contributed by atoms with E-state index in [1.807, 2.05) is 24.7 Å². The van der Waals surface area contributed by atoms with Crippen LogP contribution in [0.5, 0.6) is 0 Å². The summed E-state index contributed by atoms with van der Waals surface area (Å²) in [6, 6.07) is 0. The predicted octanol–water partition coefficient (Wildman–Crippen LogP) is 1.78. The molecule has 0 atom stereocenters. The first-order chi connectivity index (χ1) is 14.1. The summed E-state index contributed by atoms with van der Waals surface area (Å²) in [5.41, 5.74) is 3.33. The monoisotopic (exact) mass is 427 g/mol. The molecule has 13 heteroatoms. The van der Waals surface area contributed by atoms with E-state index in [0.29, 0.717) is 6.54 Å². The summed E-state index contributed by atoms with van der Waals surface area (Å²) in [6.07, 6.45) is 0.141. The molecule has 1 aliphatic rings. The zero-order chi connectivity index (χ0) is 21.9. The van der Waals surface area contributed by atoms with Gasteiger partial charge in [0.1, 0.15) is 24.2 Å². The van der Waals surface area contributed by atoms with Crippen LogP contribution in [0.3, 0.4) is 0 Å². The lowest BCUT2D eigenvalue weighted by Gasteiger charge is -2.28. The van der Waals surface area contributed by atoms with Crippen LogP contribution in [0.2, 0.25) is 0 Å². The Kier molecular flexibility index (Phi) is 6.20. The molecule has 10 nitrogen and oxygen atoms in total. The Hall–Kier alpha value is -3.22. The van der Waals surface area contributed by atoms with E-state index in [9.17, 15) is 13.2 Å². The molecular formula is C17H20F3N7O3. The number of halogens is 3. The normalized spacial score (nSPS) is 14.2. The maximum atomic E-state index is 10.6. The average Bonchev–Trinajstić information content (AvgIpc) is 3.40. The van der Waals surface area contributed by atoms with E-state index in [-0.39, 0.29) is 0 Å². The first kappa shape index (κ1) is 21.5. The third-order valence-corrected chi connectivity index (χ3v) is 4.62. The topological polar surface area (TPSA) is 115 Å². The second-order valence-corrected chi connectivity index (χ2v) is 6.73. The standard InChI is InChI=1S/C15H19N7O.C2HF3O2/c1-11-14(12(2)23-19-11)7-20-3-4-22-13(5-17-15(22)8-20)6-21-10-16-9-18-21;3-2(4,5)1(6)7/h5,9-10H,3-4,6-8H2,1-2H3;(H,6,7). The number of nitrogens with zero attached hydrogens (tertiary/aromatic N) is 7. The molecule has 1 aliphatic heterocycles. The second kappa shape index (κ2) is 8.65. The molecule has 0 saturated carbocycles. The summed E-state index contributed by atoms with van der Waals surface area (Å²) in [5, 5.41) is 15.3. The van der Waals surface area contributed by atoms with Crippen LogP contribution in [0, 0.1) is 13.8 Å². The molecule has 4 heterocycles. The number of carboxylic acid groups (broad SMARTS) is 1. The lowest BCUT2D eigenvalue weighted by atomic mass is 10.2. The average molecular weight is 427 g/mol. The van der Waals surface area contributed by atoms with Crippen LogP contribution in [0.1, 0.15) is 28.5 Å². The number of alkyl halides is 3. The summed E-state index contributed by atoms with van der Waals surface area (Å²) >= 11 is 0. The van der Waals surface area contributed by atoms with Crippen molar-refractivity contribution in [2.45, 2.75) is 46.2 Å². The van der Waals surface area contributed by atoms with Crippen LogP contribution in [-0.4, -0.2) is 58.2 Å². The minimum absolute atomic E-state index is 0.705. The molecule has 0 aromatic carbocycles. The number of rotatable bonds is 4. The van der Waals surface area contributed by atoms with E-state index in [0.717, 1.165) is 43.5 Å². The van der Waals surface area contributed by atoms with Gasteiger partial charge in [-0.25, -0.2) is 19.4 Å². The van der Waals surface area contributed by atoms with Gasteiger partial charge in [0.25, 0.3) is 0 Å². The molecular weight excluding hydrogens is 407 g/mol. The van der Waals surface area contributed by atoms with Gasteiger partial charge in [-0.15, -0.1) is 0 Å². The number of aliphatic carboxylic acids is 1. The van der Waals surface area contributed by atoms with Gasteiger partial charge in [0.05, 0.1) is 30.7 Å². The zero-order valence-corrected chi connectivity index (χ0v) is 16.3. The molecule has 162 valence electrons. The lowest BCUT2D eigenvalue weighted by Crippen LogP contribution is -2.34. The highest BCUT2D eigenvalue weighted by Crippen LogP contribution is 2.20. The van der Waals surface area contributed by atoms with Crippen LogP contribution in [0.25, 0.3) is 0 Å². The minimum atomic E-state index is -5.08. The van der Waals surface area contributed by atoms with Crippen molar-refractivity contribution < 1.29 is 27.6 Å². The molecule has 3 aromatic heterocycles. The van der Waals surface area contributed by atoms with Crippen molar-refractivity contribution in [3.05, 3.63) is 47.4 Å². The van der Waals surface area contributed by atoms with Gasteiger partial charge in [-0.2, -0.15) is 18.3 Å². The highest BCUT2D eigenvalue weighted by molar-refractivity contribution is 5.73. The fourth-order valence-electron chi connectivity index (χ4n) is 3.07. The summed E-state index contributed by atoms with van der Waals surface area (Å²) < 4.78 is 41.1. The minimum Gasteiger partial charge on any atom is -0.475 e. The highest BCUT2D eigenvalue weighted by Gasteiger charge is 2.38.